The van der Waals surface area contributed by atoms with Crippen LogP contribution in [0.4, 0.5) is 8.78 Å². The Balaban J connectivity index is 1.73. The van der Waals surface area contributed by atoms with Gasteiger partial charge < -0.3 is 24.1 Å². The van der Waals surface area contributed by atoms with Crippen LogP contribution in [0.25, 0.3) is 0 Å². The number of aliphatic carboxylic acids is 1. The molecule has 0 unspecified atom stereocenters. The molecule has 2 aliphatic rings. The van der Waals surface area contributed by atoms with Crippen molar-refractivity contribution in [3.63, 3.8) is 0 Å². The van der Waals surface area contributed by atoms with E-state index in [0.717, 1.165) is 12.8 Å². The molecule has 5 nitrogen and oxygen atoms in total. The van der Waals surface area contributed by atoms with E-state index in [2.05, 4.69) is 4.74 Å². The van der Waals surface area contributed by atoms with Gasteiger partial charge in [0.15, 0.2) is 18.0 Å². The van der Waals surface area contributed by atoms with E-state index in [1.165, 1.54) is 19.3 Å². The Morgan fingerprint density at radius 2 is 1.69 bits per heavy atom. The van der Waals surface area contributed by atoms with Gasteiger partial charge in [0.25, 0.3) is 0 Å². The molecule has 0 N–H and O–H groups in total. The van der Waals surface area contributed by atoms with Gasteiger partial charge >= 0.3 is 6.11 Å². The number of alkyl halides is 2. The zero-order valence-corrected chi connectivity index (χ0v) is 18.0. The molecule has 144 valence electrons. The molecule has 1 aliphatic heterocycles. The summed E-state index contributed by atoms with van der Waals surface area (Å²) in [6, 6.07) is 3.21. The van der Waals surface area contributed by atoms with E-state index >= 15 is 0 Å². The quantitative estimate of drug-likeness (QED) is 0.500. The van der Waals surface area contributed by atoms with Gasteiger partial charge in [-0.1, -0.05) is 19.3 Å². The van der Waals surface area contributed by atoms with Crippen molar-refractivity contribution < 1.29 is 32.9 Å². The van der Waals surface area contributed by atoms with E-state index < -0.39 is 18.4 Å². The summed E-state index contributed by atoms with van der Waals surface area (Å²) in [6.07, 6.45) is 0.851. The number of carbonyl (C=O) groups is 1. The highest BCUT2D eigenvalue weighted by molar-refractivity contribution is 14.1. The monoisotopic (exact) mass is 593 g/mol. The first-order chi connectivity index (χ1) is 12.2. The van der Waals surface area contributed by atoms with E-state index in [0.29, 0.717) is 25.9 Å². The molecule has 26 heavy (non-hydrogen) atoms. The van der Waals surface area contributed by atoms with Crippen molar-refractivity contribution in [2.45, 2.75) is 44.5 Å². The Labute approximate surface area is 177 Å². The molecule has 1 aliphatic carbocycles. The number of carboxylic acids is 1. The van der Waals surface area contributed by atoms with Crippen molar-refractivity contribution >= 4 is 51.2 Å². The zero-order valence-electron chi connectivity index (χ0n) is 13.7. The minimum absolute atomic E-state index is 0.0919. The fourth-order valence-electron chi connectivity index (χ4n) is 3.36. The van der Waals surface area contributed by atoms with Crippen LogP contribution in [0.3, 0.4) is 0 Å². The lowest BCUT2D eigenvalue weighted by atomic mass is 9.75. The summed E-state index contributed by atoms with van der Waals surface area (Å²) in [6.45, 7) is 1.23. The Bertz CT molecular complexity index is 659. The molecule has 9 heteroatoms. The molecule has 1 heterocycles. The summed E-state index contributed by atoms with van der Waals surface area (Å²) < 4.78 is 43.5. The highest BCUT2D eigenvalue weighted by atomic mass is 127. The van der Waals surface area contributed by atoms with E-state index in [1.54, 1.807) is 12.1 Å². The fraction of sp³-hybridized carbons (Fsp3) is 0.588. The van der Waals surface area contributed by atoms with E-state index in [4.69, 9.17) is 9.47 Å². The average molecular weight is 593 g/mol. The van der Waals surface area contributed by atoms with Gasteiger partial charge in [-0.3, -0.25) is 0 Å². The van der Waals surface area contributed by atoms with Gasteiger partial charge in [0.2, 0.25) is 0 Å². The molecule has 0 amide bonds. The smallest absolute Gasteiger partial charge is 0.441 e. The number of rotatable bonds is 4. The summed E-state index contributed by atoms with van der Waals surface area (Å²) in [5, 5.41) is 10.5. The Morgan fingerprint density at radius 3 is 2.19 bits per heavy atom. The molecule has 2 fully saturated rings. The molecule has 1 saturated heterocycles. The van der Waals surface area contributed by atoms with Gasteiger partial charge in [-0.15, -0.1) is 0 Å². The second-order valence-corrected chi connectivity index (χ2v) is 9.06. The summed E-state index contributed by atoms with van der Waals surface area (Å²) in [7, 11) is 0. The third-order valence-corrected chi connectivity index (χ3v) is 6.36. The summed E-state index contributed by atoms with van der Waals surface area (Å²) in [4.78, 5) is 10.5. The van der Waals surface area contributed by atoms with Gasteiger partial charge in [0, 0.05) is 11.0 Å². The molecule has 3 rings (SSSR count). The van der Waals surface area contributed by atoms with Gasteiger partial charge in [0.1, 0.15) is 0 Å². The SMILES string of the molecule is O=C([O-])C(F)(F)Oc1c(I)cc(C2OCC3(CCCCC3)CO2)cc1I. The fourth-order valence-corrected chi connectivity index (χ4v) is 5.40. The van der Waals surface area contributed by atoms with Crippen molar-refractivity contribution in [3.05, 3.63) is 24.8 Å². The van der Waals surface area contributed by atoms with Gasteiger partial charge in [0.05, 0.1) is 20.4 Å². The summed E-state index contributed by atoms with van der Waals surface area (Å²) in [5.41, 5.74) is 0.780. The van der Waals surface area contributed by atoms with Crippen molar-refractivity contribution in [2.75, 3.05) is 13.2 Å². The minimum atomic E-state index is -4.40. The Kier molecular flexibility index (Phi) is 6.29. The topological polar surface area (TPSA) is 67.8 Å². The lowest BCUT2D eigenvalue weighted by Crippen LogP contribution is -2.46. The molecule has 1 aromatic rings. The number of halogens is 4. The molecule has 0 bridgehead atoms. The predicted octanol–water partition coefficient (Wildman–Crippen LogP) is 3.61. The van der Waals surface area contributed by atoms with Crippen LogP contribution in [0.2, 0.25) is 0 Å². The van der Waals surface area contributed by atoms with Crippen LogP contribution < -0.4 is 9.84 Å². The maximum absolute atomic E-state index is 13.3. The molecule has 1 aromatic carbocycles. The summed E-state index contributed by atoms with van der Waals surface area (Å²) >= 11 is 3.64. The number of hydrogen-bond acceptors (Lipinski definition) is 5. The lowest BCUT2D eigenvalue weighted by Gasteiger charge is -2.42. The first-order valence-electron chi connectivity index (χ1n) is 8.23. The predicted molar refractivity (Wildman–Crippen MR) is 103 cm³/mol. The highest BCUT2D eigenvalue weighted by Crippen LogP contribution is 2.43. The van der Waals surface area contributed by atoms with Crippen LogP contribution in [0, 0.1) is 12.6 Å². The first-order valence-corrected chi connectivity index (χ1v) is 10.4. The van der Waals surface area contributed by atoms with Crippen LogP contribution in [0.15, 0.2) is 12.1 Å². The lowest BCUT2D eigenvalue weighted by molar-refractivity contribution is -0.350. The largest absolute Gasteiger partial charge is 0.541 e. The van der Waals surface area contributed by atoms with Crippen molar-refractivity contribution in [1.82, 2.24) is 0 Å². The highest BCUT2D eigenvalue weighted by Gasteiger charge is 2.39. The molecule has 0 atom stereocenters. The third kappa shape index (κ3) is 4.41. The van der Waals surface area contributed by atoms with Crippen molar-refractivity contribution in [2.24, 2.45) is 5.41 Å². The zero-order chi connectivity index (χ0) is 18.9. The second kappa shape index (κ2) is 8.00. The molecule has 0 radical (unpaired) electrons. The maximum atomic E-state index is 13.3. The van der Waals surface area contributed by atoms with E-state index in [-0.39, 0.29) is 11.2 Å². The van der Waals surface area contributed by atoms with Gasteiger partial charge in [-0.2, -0.15) is 8.78 Å². The maximum Gasteiger partial charge on any atom is 0.441 e. The molecule has 0 aromatic heterocycles. The molecular weight excluding hydrogens is 576 g/mol. The second-order valence-electron chi connectivity index (χ2n) is 6.73. The average Bonchev–Trinajstić information content (AvgIpc) is 2.59. The van der Waals surface area contributed by atoms with Gasteiger partial charge in [-0.05, 0) is 70.2 Å². The Morgan fingerprint density at radius 1 is 1.15 bits per heavy atom. The van der Waals surface area contributed by atoms with Crippen LogP contribution in [-0.4, -0.2) is 25.3 Å². The standard InChI is InChI=1S/C17H18F2I2O5/c18-17(19,15(22)23)26-13-11(20)6-10(7-12(13)21)14-24-8-16(9-25-14)4-2-1-3-5-16/h6-7,14H,1-5,8-9H2,(H,22,23)/p-1. The number of carbonyl (C=O) groups excluding carboxylic acids is 1. The van der Waals surface area contributed by atoms with Gasteiger partial charge in [-0.25, -0.2) is 0 Å². The van der Waals surface area contributed by atoms with E-state index in [9.17, 15) is 18.7 Å². The number of benzene rings is 1. The van der Waals surface area contributed by atoms with Crippen molar-refractivity contribution in [1.29, 1.82) is 0 Å². The number of ether oxygens (including phenoxy) is 3. The minimum Gasteiger partial charge on any atom is -0.541 e. The molecular formula is C17H17F2I2O5-. The molecule has 1 saturated carbocycles. The summed E-state index contributed by atoms with van der Waals surface area (Å²) in [5.74, 6) is -2.78. The number of hydrogen-bond donors (Lipinski definition) is 0. The van der Waals surface area contributed by atoms with Crippen LogP contribution >= 0.6 is 45.2 Å². The van der Waals surface area contributed by atoms with Crippen LogP contribution in [-0.2, 0) is 14.3 Å². The van der Waals surface area contributed by atoms with E-state index in [1.807, 2.05) is 45.2 Å². The van der Waals surface area contributed by atoms with Crippen LogP contribution in [0.5, 0.6) is 5.75 Å². The van der Waals surface area contributed by atoms with Crippen molar-refractivity contribution in [3.8, 4) is 5.75 Å². The first kappa shape index (κ1) is 20.5. The Hall–Kier alpha value is -0.270. The normalized spacial score (nSPS) is 20.9. The number of carboxylic acid groups (broad SMARTS) is 1. The molecule has 1 spiro atoms. The third-order valence-electron chi connectivity index (χ3n) is 4.76. The van der Waals surface area contributed by atoms with Crippen LogP contribution in [0.1, 0.15) is 44.0 Å².